The minimum atomic E-state index is -4.96. The van der Waals surface area contributed by atoms with Gasteiger partial charge in [0.15, 0.2) is 12.2 Å². The summed E-state index contributed by atoms with van der Waals surface area (Å²) in [6.07, 6.45) is 47.1. The maximum Gasteiger partial charge on any atom is 0.472 e. The van der Waals surface area contributed by atoms with Gasteiger partial charge in [-0.25, -0.2) is 9.13 Å². The van der Waals surface area contributed by atoms with Gasteiger partial charge in [0.25, 0.3) is 0 Å². The molecule has 0 aliphatic heterocycles. The molecule has 93 heavy (non-hydrogen) atoms. The first-order valence-electron chi connectivity index (χ1n) is 38.3. The SMILES string of the molecule is CCC(C)CCCCCCCCCCC(=O)O[C@H](COC(=O)CCCCCCCCCCCCCCCCC(C)C)COP(=O)(O)OC[C@@H](O)COP(=O)(O)OC[C@@H](COC(=O)CCCCCCCCC(C)CC)OC(=O)CCCCCCCCCCCCCC(C)C. The van der Waals surface area contributed by atoms with Gasteiger partial charge in [-0.05, 0) is 49.4 Å². The fourth-order valence-corrected chi connectivity index (χ4v) is 12.7. The van der Waals surface area contributed by atoms with E-state index in [1.807, 2.05) is 0 Å². The van der Waals surface area contributed by atoms with E-state index in [2.05, 4.69) is 55.4 Å². The van der Waals surface area contributed by atoms with Crippen LogP contribution in [0.5, 0.6) is 0 Å². The Hall–Kier alpha value is -1.94. The van der Waals surface area contributed by atoms with E-state index in [1.165, 1.54) is 167 Å². The lowest BCUT2D eigenvalue weighted by atomic mass is 9.99. The zero-order valence-electron chi connectivity index (χ0n) is 60.9. The summed E-state index contributed by atoms with van der Waals surface area (Å²) in [7, 11) is -9.91. The Morgan fingerprint density at radius 2 is 0.516 bits per heavy atom. The second-order valence-corrected chi connectivity index (χ2v) is 31.0. The van der Waals surface area contributed by atoms with Gasteiger partial charge < -0.3 is 33.8 Å². The van der Waals surface area contributed by atoms with E-state index in [0.717, 1.165) is 120 Å². The van der Waals surface area contributed by atoms with Crippen molar-refractivity contribution in [3.8, 4) is 0 Å². The summed E-state index contributed by atoms with van der Waals surface area (Å²) in [5, 5.41) is 10.6. The van der Waals surface area contributed by atoms with Gasteiger partial charge in [-0.15, -0.1) is 0 Å². The fraction of sp³-hybridized carbons (Fsp3) is 0.946. The lowest BCUT2D eigenvalue weighted by molar-refractivity contribution is -0.161. The van der Waals surface area contributed by atoms with E-state index in [0.29, 0.717) is 25.7 Å². The molecule has 0 bridgehead atoms. The Bertz CT molecular complexity index is 1840. The minimum Gasteiger partial charge on any atom is -0.462 e. The molecule has 552 valence electrons. The first-order chi connectivity index (χ1) is 44.7. The Labute approximate surface area is 568 Å². The van der Waals surface area contributed by atoms with Crippen molar-refractivity contribution in [3.63, 3.8) is 0 Å². The largest absolute Gasteiger partial charge is 0.472 e. The molecular weight excluding hydrogens is 1220 g/mol. The average molecular weight is 1370 g/mol. The first-order valence-corrected chi connectivity index (χ1v) is 41.3. The Balaban J connectivity index is 5.24. The fourth-order valence-electron chi connectivity index (χ4n) is 11.1. The van der Waals surface area contributed by atoms with Crippen LogP contribution in [0.3, 0.4) is 0 Å². The monoisotopic (exact) mass is 1370 g/mol. The molecule has 0 rings (SSSR count). The van der Waals surface area contributed by atoms with Gasteiger partial charge in [-0.1, -0.05) is 319 Å². The van der Waals surface area contributed by atoms with Crippen LogP contribution in [-0.4, -0.2) is 96.7 Å². The third-order valence-electron chi connectivity index (χ3n) is 17.8. The van der Waals surface area contributed by atoms with Crippen LogP contribution in [0.25, 0.3) is 0 Å². The third-order valence-corrected chi connectivity index (χ3v) is 19.7. The van der Waals surface area contributed by atoms with Crippen LogP contribution in [0.4, 0.5) is 0 Å². The van der Waals surface area contributed by atoms with Crippen LogP contribution >= 0.6 is 15.6 Å². The molecule has 0 spiro atoms. The van der Waals surface area contributed by atoms with E-state index < -0.39 is 97.5 Å². The molecule has 3 N–H and O–H groups in total. The second-order valence-electron chi connectivity index (χ2n) is 28.1. The van der Waals surface area contributed by atoms with Crippen molar-refractivity contribution in [1.82, 2.24) is 0 Å². The number of phosphoric ester groups is 2. The number of esters is 4. The molecule has 19 heteroatoms. The summed E-state index contributed by atoms with van der Waals surface area (Å²) in [6, 6.07) is 0. The minimum absolute atomic E-state index is 0.105. The van der Waals surface area contributed by atoms with E-state index >= 15 is 0 Å². The van der Waals surface area contributed by atoms with Crippen LogP contribution in [0.2, 0.25) is 0 Å². The summed E-state index contributed by atoms with van der Waals surface area (Å²) >= 11 is 0. The van der Waals surface area contributed by atoms with E-state index in [-0.39, 0.29) is 25.7 Å². The topological polar surface area (TPSA) is 237 Å². The molecule has 0 heterocycles. The quantitative estimate of drug-likeness (QED) is 0.0222. The molecule has 0 saturated carbocycles. The van der Waals surface area contributed by atoms with Crippen molar-refractivity contribution < 1.29 is 80.2 Å². The molecule has 17 nitrogen and oxygen atoms in total. The van der Waals surface area contributed by atoms with Crippen LogP contribution < -0.4 is 0 Å². The van der Waals surface area contributed by atoms with Crippen molar-refractivity contribution in [3.05, 3.63) is 0 Å². The van der Waals surface area contributed by atoms with Crippen molar-refractivity contribution in [2.24, 2.45) is 23.7 Å². The molecule has 0 fully saturated rings. The predicted octanol–water partition coefficient (Wildman–Crippen LogP) is 21.3. The third kappa shape index (κ3) is 65.8. The number of aliphatic hydroxyl groups is 1. The maximum absolute atomic E-state index is 13.1. The smallest absolute Gasteiger partial charge is 0.462 e. The molecule has 7 atom stereocenters. The normalized spacial score (nSPS) is 14.8. The summed E-state index contributed by atoms with van der Waals surface area (Å²) in [5.41, 5.74) is 0. The van der Waals surface area contributed by atoms with Crippen molar-refractivity contribution in [2.75, 3.05) is 39.6 Å². The van der Waals surface area contributed by atoms with E-state index in [1.54, 1.807) is 0 Å². The zero-order chi connectivity index (χ0) is 68.9. The summed E-state index contributed by atoms with van der Waals surface area (Å²) in [5.74, 6) is 0.939. The highest BCUT2D eigenvalue weighted by atomic mass is 31.2. The molecule has 0 radical (unpaired) electrons. The van der Waals surface area contributed by atoms with Gasteiger partial charge in [0.1, 0.15) is 19.3 Å². The van der Waals surface area contributed by atoms with Crippen molar-refractivity contribution in [2.45, 2.75) is 388 Å². The number of unbranched alkanes of at least 4 members (excludes halogenated alkanes) is 35. The number of rotatable bonds is 71. The molecule has 0 aromatic carbocycles. The molecule has 0 aromatic rings. The standard InChI is InChI=1S/C74H144O17P2/c1-9-66(7)52-44-36-28-24-25-31-41-49-57-74(79)91-69(60-84-71(76)54-46-38-29-22-18-14-12-11-13-16-20-26-34-42-50-64(3)4)62-88-92(80,81)86-58-68(75)59-87-93(82,83)89-63-70(61-85-72(77)55-47-39-33-32-37-45-53-67(8)10-2)90-73(78)56-48-40-30-23-19-15-17-21-27-35-43-51-65(5)6/h64-70,75H,9-63H2,1-8H3,(H,80,81)(H,82,83)/t66?,67?,68-,69-,70-/m1/s1. The number of phosphoric acid groups is 2. The Morgan fingerprint density at radius 3 is 0.763 bits per heavy atom. The molecule has 0 aromatic heterocycles. The summed E-state index contributed by atoms with van der Waals surface area (Å²) < 4.78 is 68.4. The number of carbonyl (C=O) groups is 4. The number of aliphatic hydroxyl groups excluding tert-OH is 1. The van der Waals surface area contributed by atoms with Gasteiger partial charge in [-0.2, -0.15) is 0 Å². The van der Waals surface area contributed by atoms with Crippen LogP contribution in [-0.2, 0) is 65.4 Å². The molecule has 0 saturated heterocycles. The molecule has 4 unspecified atom stereocenters. The summed E-state index contributed by atoms with van der Waals surface area (Å²) in [4.78, 5) is 72.7. The highest BCUT2D eigenvalue weighted by Gasteiger charge is 2.30. The average Bonchev–Trinajstić information content (AvgIpc) is 3.10. The van der Waals surface area contributed by atoms with Crippen LogP contribution in [0.1, 0.15) is 370 Å². The molecular formula is C74H144O17P2. The number of carbonyl (C=O) groups excluding carboxylic acids is 4. The molecule has 0 amide bonds. The van der Waals surface area contributed by atoms with Gasteiger partial charge in [-0.3, -0.25) is 37.3 Å². The first kappa shape index (κ1) is 91.1. The van der Waals surface area contributed by atoms with Gasteiger partial charge in [0.05, 0.1) is 26.4 Å². The van der Waals surface area contributed by atoms with Gasteiger partial charge in [0.2, 0.25) is 0 Å². The van der Waals surface area contributed by atoms with Crippen molar-refractivity contribution >= 4 is 39.5 Å². The maximum atomic E-state index is 13.1. The number of hydrogen-bond donors (Lipinski definition) is 3. The lowest BCUT2D eigenvalue weighted by Gasteiger charge is -2.21. The number of ether oxygens (including phenoxy) is 4. The highest BCUT2D eigenvalue weighted by Crippen LogP contribution is 2.45. The highest BCUT2D eigenvalue weighted by molar-refractivity contribution is 7.47. The van der Waals surface area contributed by atoms with Gasteiger partial charge >= 0.3 is 39.5 Å². The van der Waals surface area contributed by atoms with Crippen LogP contribution in [0.15, 0.2) is 0 Å². The Kier molecular flexibility index (Phi) is 62.2. The van der Waals surface area contributed by atoms with Gasteiger partial charge in [0, 0.05) is 25.7 Å². The van der Waals surface area contributed by atoms with E-state index in [4.69, 9.17) is 37.0 Å². The zero-order valence-corrected chi connectivity index (χ0v) is 62.7. The van der Waals surface area contributed by atoms with E-state index in [9.17, 15) is 43.2 Å². The van der Waals surface area contributed by atoms with Crippen LogP contribution in [0, 0.1) is 23.7 Å². The number of hydrogen-bond acceptors (Lipinski definition) is 15. The Morgan fingerprint density at radius 1 is 0.301 bits per heavy atom. The van der Waals surface area contributed by atoms with Crippen molar-refractivity contribution in [1.29, 1.82) is 0 Å². The summed E-state index contributed by atoms with van der Waals surface area (Å²) in [6.45, 7) is 14.2. The predicted molar refractivity (Wildman–Crippen MR) is 377 cm³/mol. The lowest BCUT2D eigenvalue weighted by Crippen LogP contribution is -2.30. The molecule has 0 aliphatic carbocycles. The molecule has 0 aliphatic rings. The second kappa shape index (κ2) is 63.5.